The first kappa shape index (κ1) is 24.9. The second-order valence-corrected chi connectivity index (χ2v) is 6.31. The van der Waals surface area contributed by atoms with Crippen molar-refractivity contribution < 1.29 is 38.1 Å². The van der Waals surface area contributed by atoms with Crippen molar-refractivity contribution in [3.05, 3.63) is 54.1 Å². The van der Waals surface area contributed by atoms with Crippen molar-refractivity contribution in [3.8, 4) is 5.75 Å². The molecule has 164 valence electrons. The smallest absolute Gasteiger partial charge is 0.338 e. The molecule has 0 aliphatic rings. The van der Waals surface area contributed by atoms with Gasteiger partial charge in [-0.05, 0) is 32.0 Å². The number of esters is 3. The highest BCUT2D eigenvalue weighted by Gasteiger charge is 2.09. The summed E-state index contributed by atoms with van der Waals surface area (Å²) in [6.07, 6.45) is 0.389. The third-order valence-electron chi connectivity index (χ3n) is 3.48. The van der Waals surface area contributed by atoms with Gasteiger partial charge >= 0.3 is 17.9 Å². The third-order valence-corrected chi connectivity index (χ3v) is 3.48. The number of carbonyl (C=O) groups excluding carboxylic acids is 3. The van der Waals surface area contributed by atoms with Crippen LogP contribution in [0.15, 0.2) is 48.6 Å². The molecule has 0 radical (unpaired) electrons. The van der Waals surface area contributed by atoms with Crippen molar-refractivity contribution >= 4 is 17.9 Å². The lowest BCUT2D eigenvalue weighted by molar-refractivity contribution is -0.140. The third kappa shape index (κ3) is 10.4. The molecule has 0 N–H and O–H groups in total. The van der Waals surface area contributed by atoms with Crippen LogP contribution in [0.3, 0.4) is 0 Å². The van der Waals surface area contributed by atoms with Gasteiger partial charge in [0.1, 0.15) is 19.0 Å². The van der Waals surface area contributed by atoms with Crippen molar-refractivity contribution in [1.29, 1.82) is 0 Å². The first-order chi connectivity index (χ1) is 14.3. The van der Waals surface area contributed by atoms with Gasteiger partial charge in [0.2, 0.25) is 0 Å². The number of ether oxygens (including phenoxy) is 5. The minimum absolute atomic E-state index is 0.122. The summed E-state index contributed by atoms with van der Waals surface area (Å²) in [6, 6.07) is 6.57. The van der Waals surface area contributed by atoms with Crippen LogP contribution in [0.1, 0.15) is 30.6 Å². The van der Waals surface area contributed by atoms with Gasteiger partial charge < -0.3 is 23.7 Å². The van der Waals surface area contributed by atoms with Gasteiger partial charge in [0.15, 0.2) is 0 Å². The van der Waals surface area contributed by atoms with Crippen molar-refractivity contribution in [2.75, 3.05) is 39.6 Å². The van der Waals surface area contributed by atoms with Crippen molar-refractivity contribution in [2.45, 2.75) is 20.3 Å². The van der Waals surface area contributed by atoms with Crippen molar-refractivity contribution in [1.82, 2.24) is 0 Å². The lowest BCUT2D eigenvalue weighted by Crippen LogP contribution is -2.14. The molecule has 0 aliphatic heterocycles. The zero-order valence-electron chi connectivity index (χ0n) is 17.4. The zero-order valence-corrected chi connectivity index (χ0v) is 17.4. The van der Waals surface area contributed by atoms with Crippen LogP contribution < -0.4 is 4.74 Å². The fourth-order valence-corrected chi connectivity index (χ4v) is 1.95. The van der Waals surface area contributed by atoms with E-state index in [1.54, 1.807) is 38.1 Å². The quantitative estimate of drug-likeness (QED) is 0.196. The summed E-state index contributed by atoms with van der Waals surface area (Å²) in [6.45, 7) is 11.3. The predicted octanol–water partition coefficient (Wildman–Crippen LogP) is 2.87. The molecule has 8 heteroatoms. The molecule has 0 saturated heterocycles. The van der Waals surface area contributed by atoms with E-state index in [2.05, 4.69) is 13.2 Å². The fraction of sp³-hybridized carbons (Fsp3) is 0.409. The Labute approximate surface area is 176 Å². The second kappa shape index (κ2) is 13.9. The predicted molar refractivity (Wildman–Crippen MR) is 109 cm³/mol. The molecule has 0 aliphatic carbocycles. The maximum Gasteiger partial charge on any atom is 0.338 e. The topological polar surface area (TPSA) is 97.4 Å². The average molecular weight is 420 g/mol. The molecular weight excluding hydrogens is 392 g/mol. The van der Waals surface area contributed by atoms with Crippen LogP contribution in [-0.4, -0.2) is 57.5 Å². The minimum atomic E-state index is -0.498. The Hall–Kier alpha value is -3.13. The summed E-state index contributed by atoms with van der Waals surface area (Å²) in [5.74, 6) is -0.922. The fourth-order valence-electron chi connectivity index (χ4n) is 1.95. The minimum Gasteiger partial charge on any atom is -0.491 e. The van der Waals surface area contributed by atoms with Gasteiger partial charge in [-0.3, -0.25) is 0 Å². The molecule has 30 heavy (non-hydrogen) atoms. The van der Waals surface area contributed by atoms with E-state index in [9.17, 15) is 14.4 Å². The molecule has 0 fully saturated rings. The van der Waals surface area contributed by atoms with E-state index in [0.717, 1.165) is 0 Å². The van der Waals surface area contributed by atoms with E-state index in [1.807, 2.05) is 0 Å². The van der Waals surface area contributed by atoms with E-state index in [0.29, 0.717) is 35.5 Å². The normalized spacial score (nSPS) is 10.1. The first-order valence-electron chi connectivity index (χ1n) is 9.44. The zero-order chi connectivity index (χ0) is 22.4. The lowest BCUT2D eigenvalue weighted by atomic mass is 10.2. The molecule has 0 heterocycles. The van der Waals surface area contributed by atoms with Crippen LogP contribution >= 0.6 is 0 Å². The van der Waals surface area contributed by atoms with Crippen LogP contribution in [0.25, 0.3) is 0 Å². The van der Waals surface area contributed by atoms with Crippen LogP contribution in [0.4, 0.5) is 0 Å². The summed E-state index contributed by atoms with van der Waals surface area (Å²) in [5.41, 5.74) is 1.00. The monoisotopic (exact) mass is 420 g/mol. The second-order valence-electron chi connectivity index (χ2n) is 6.31. The van der Waals surface area contributed by atoms with Gasteiger partial charge in [-0.15, -0.1) is 0 Å². The van der Waals surface area contributed by atoms with Crippen LogP contribution in [-0.2, 0) is 28.5 Å². The standard InChI is InChI=1S/C22H28O8/c1-16(2)20(23)28-9-6-10-29-22(25)18-7-5-8-19(15-18)27-13-11-26-12-14-30-21(24)17(3)4/h5,7-8,15H,1,3,6,9-14H2,2,4H3. The van der Waals surface area contributed by atoms with Crippen molar-refractivity contribution in [3.63, 3.8) is 0 Å². The van der Waals surface area contributed by atoms with E-state index in [-0.39, 0.29) is 33.0 Å². The number of hydrogen-bond donors (Lipinski definition) is 0. The summed E-state index contributed by atoms with van der Waals surface area (Å²) in [4.78, 5) is 34.5. The van der Waals surface area contributed by atoms with Gasteiger partial charge in [-0.25, -0.2) is 14.4 Å². The van der Waals surface area contributed by atoms with E-state index in [4.69, 9.17) is 23.7 Å². The Morgan fingerprint density at radius 1 is 0.800 bits per heavy atom. The molecule has 0 saturated carbocycles. The molecule has 8 nitrogen and oxygen atoms in total. The van der Waals surface area contributed by atoms with E-state index in [1.165, 1.54) is 0 Å². The Morgan fingerprint density at radius 2 is 1.40 bits per heavy atom. The number of benzene rings is 1. The van der Waals surface area contributed by atoms with Gasteiger partial charge in [0.25, 0.3) is 0 Å². The summed E-state index contributed by atoms with van der Waals surface area (Å²) in [7, 11) is 0. The average Bonchev–Trinajstić information content (AvgIpc) is 2.72. The maximum atomic E-state index is 12.1. The lowest BCUT2D eigenvalue weighted by Gasteiger charge is -2.09. The van der Waals surface area contributed by atoms with Crippen molar-refractivity contribution in [2.24, 2.45) is 0 Å². The summed E-state index contributed by atoms with van der Waals surface area (Å²) >= 11 is 0. The largest absolute Gasteiger partial charge is 0.491 e. The molecule has 0 atom stereocenters. The first-order valence-corrected chi connectivity index (χ1v) is 9.44. The van der Waals surface area contributed by atoms with E-state index < -0.39 is 17.9 Å². The highest BCUT2D eigenvalue weighted by Crippen LogP contribution is 2.14. The SMILES string of the molecule is C=C(C)C(=O)OCCCOC(=O)c1cccc(OCCOCCOC(=O)C(=C)C)c1. The molecule has 1 aromatic rings. The molecule has 0 aromatic heterocycles. The summed E-state index contributed by atoms with van der Waals surface area (Å²) in [5, 5.41) is 0. The molecule has 0 bridgehead atoms. The Bertz CT molecular complexity index is 753. The van der Waals surface area contributed by atoms with Gasteiger partial charge in [-0.2, -0.15) is 0 Å². The van der Waals surface area contributed by atoms with Crippen LogP contribution in [0.2, 0.25) is 0 Å². The highest BCUT2D eigenvalue weighted by atomic mass is 16.6. The van der Waals surface area contributed by atoms with Gasteiger partial charge in [-0.1, -0.05) is 19.2 Å². The Morgan fingerprint density at radius 3 is 2.07 bits per heavy atom. The molecule has 1 rings (SSSR count). The number of rotatable bonds is 14. The van der Waals surface area contributed by atoms with Gasteiger partial charge in [0.05, 0.1) is 32.0 Å². The molecule has 0 spiro atoms. The van der Waals surface area contributed by atoms with Gasteiger partial charge in [0, 0.05) is 17.6 Å². The highest BCUT2D eigenvalue weighted by molar-refractivity contribution is 5.90. The number of carbonyl (C=O) groups is 3. The maximum absolute atomic E-state index is 12.1. The van der Waals surface area contributed by atoms with Crippen LogP contribution in [0.5, 0.6) is 5.75 Å². The molecular formula is C22H28O8. The summed E-state index contributed by atoms with van der Waals surface area (Å²) < 4.78 is 25.8. The Balaban J connectivity index is 2.23. The Kier molecular flexibility index (Phi) is 11.6. The molecule has 0 unspecified atom stereocenters. The number of hydrogen-bond acceptors (Lipinski definition) is 8. The van der Waals surface area contributed by atoms with E-state index >= 15 is 0 Å². The molecule has 1 aromatic carbocycles. The van der Waals surface area contributed by atoms with Crippen LogP contribution in [0, 0.1) is 0 Å². The molecule has 0 amide bonds.